The highest BCUT2D eigenvalue weighted by molar-refractivity contribution is 7.15. The molecule has 3 rings (SSSR count). The summed E-state index contributed by atoms with van der Waals surface area (Å²) in [5.74, 6) is 0. The molecule has 7 heteroatoms. The lowest BCUT2D eigenvalue weighted by Gasteiger charge is -2.19. The van der Waals surface area contributed by atoms with Crippen LogP contribution in [0.15, 0.2) is 23.1 Å². The lowest BCUT2D eigenvalue weighted by molar-refractivity contribution is 0.182. The molecule has 0 aliphatic carbocycles. The number of thiazole rings is 1. The van der Waals surface area contributed by atoms with Gasteiger partial charge in [0.25, 0.3) is 5.56 Å². The van der Waals surface area contributed by atoms with Crippen LogP contribution in [0.5, 0.6) is 0 Å². The first-order valence-electron chi connectivity index (χ1n) is 6.47. The molecule has 2 atom stereocenters. The van der Waals surface area contributed by atoms with Gasteiger partial charge in [-0.1, -0.05) is 0 Å². The Hall–Kier alpha value is -1.73. The summed E-state index contributed by atoms with van der Waals surface area (Å²) in [6.07, 6.45) is 1.62. The van der Waals surface area contributed by atoms with Crippen molar-refractivity contribution >= 4 is 16.5 Å². The topological polar surface area (TPSA) is 69.0 Å². The van der Waals surface area contributed by atoms with Gasteiger partial charge in [-0.3, -0.25) is 4.79 Å². The number of nitrogens with one attached hydrogen (secondary N) is 1. The molecular weight excluding hydrogens is 276 g/mol. The second-order valence-electron chi connectivity index (χ2n) is 4.82. The third-order valence-corrected chi connectivity index (χ3v) is 4.45. The van der Waals surface area contributed by atoms with E-state index in [1.165, 1.54) is 15.6 Å². The summed E-state index contributed by atoms with van der Waals surface area (Å²) in [6, 6.07) is 3.06. The number of hydrogen-bond acceptors (Lipinski definition) is 6. The quantitative estimate of drug-likeness (QED) is 0.925. The van der Waals surface area contributed by atoms with E-state index < -0.39 is 0 Å². The SMILES string of the molecule is Cc1nc(NC2COCC2n2ncccc2=O)sc1C. The van der Waals surface area contributed by atoms with Gasteiger partial charge >= 0.3 is 0 Å². The summed E-state index contributed by atoms with van der Waals surface area (Å²) in [5, 5.41) is 8.37. The van der Waals surface area contributed by atoms with E-state index >= 15 is 0 Å². The average Bonchev–Trinajstić information content (AvgIpc) is 2.98. The minimum Gasteiger partial charge on any atom is -0.377 e. The molecule has 3 heterocycles. The van der Waals surface area contributed by atoms with Crippen molar-refractivity contribution in [1.29, 1.82) is 0 Å². The molecule has 0 bridgehead atoms. The van der Waals surface area contributed by atoms with Gasteiger partial charge in [-0.2, -0.15) is 5.10 Å². The van der Waals surface area contributed by atoms with Gasteiger partial charge in [0.1, 0.15) is 6.04 Å². The standard InChI is InChI=1S/C13H16N4O2S/c1-8-9(2)20-13(15-8)16-10-6-19-7-11(10)17-12(18)4-3-5-14-17/h3-5,10-11H,6-7H2,1-2H3,(H,15,16). The van der Waals surface area contributed by atoms with Crippen molar-refractivity contribution in [3.05, 3.63) is 39.3 Å². The van der Waals surface area contributed by atoms with E-state index in [1.807, 2.05) is 13.8 Å². The predicted octanol–water partition coefficient (Wildman–Crippen LogP) is 1.37. The molecule has 6 nitrogen and oxygen atoms in total. The molecule has 1 aliphatic rings. The molecule has 2 unspecified atom stereocenters. The first kappa shape index (κ1) is 13.3. The number of aromatic nitrogens is 3. The highest BCUT2D eigenvalue weighted by Crippen LogP contribution is 2.26. The van der Waals surface area contributed by atoms with Crippen LogP contribution in [0.3, 0.4) is 0 Å². The van der Waals surface area contributed by atoms with E-state index in [9.17, 15) is 4.79 Å². The van der Waals surface area contributed by atoms with Gasteiger partial charge in [-0.05, 0) is 19.9 Å². The van der Waals surface area contributed by atoms with Crippen LogP contribution in [0.2, 0.25) is 0 Å². The average molecular weight is 292 g/mol. The van der Waals surface area contributed by atoms with Gasteiger partial charge in [-0.15, -0.1) is 11.3 Å². The molecule has 0 aromatic carbocycles. The van der Waals surface area contributed by atoms with Crippen molar-refractivity contribution < 1.29 is 4.74 Å². The van der Waals surface area contributed by atoms with Crippen molar-refractivity contribution in [2.24, 2.45) is 0 Å². The van der Waals surface area contributed by atoms with Crippen LogP contribution in [-0.2, 0) is 4.74 Å². The number of anilines is 1. The maximum atomic E-state index is 11.9. The molecule has 2 aromatic heterocycles. The molecule has 0 saturated carbocycles. The zero-order chi connectivity index (χ0) is 14.1. The fraction of sp³-hybridized carbons (Fsp3) is 0.462. The fourth-order valence-electron chi connectivity index (χ4n) is 2.23. The van der Waals surface area contributed by atoms with Crippen LogP contribution in [0.4, 0.5) is 5.13 Å². The van der Waals surface area contributed by atoms with E-state index in [0.717, 1.165) is 10.8 Å². The molecule has 0 amide bonds. The number of rotatable bonds is 3. The molecule has 20 heavy (non-hydrogen) atoms. The first-order chi connectivity index (χ1) is 9.65. The Balaban J connectivity index is 1.82. The molecule has 2 aromatic rings. The number of nitrogens with zero attached hydrogens (tertiary/aromatic N) is 3. The van der Waals surface area contributed by atoms with Gasteiger partial charge in [0.15, 0.2) is 5.13 Å². The fourth-order valence-corrected chi connectivity index (χ4v) is 3.11. The Bertz CT molecular complexity index is 647. The van der Waals surface area contributed by atoms with Crippen LogP contribution >= 0.6 is 11.3 Å². The summed E-state index contributed by atoms with van der Waals surface area (Å²) in [7, 11) is 0. The van der Waals surface area contributed by atoms with Crippen LogP contribution < -0.4 is 10.9 Å². The van der Waals surface area contributed by atoms with E-state index in [-0.39, 0.29) is 17.6 Å². The highest BCUT2D eigenvalue weighted by atomic mass is 32.1. The van der Waals surface area contributed by atoms with E-state index in [2.05, 4.69) is 15.4 Å². The highest BCUT2D eigenvalue weighted by Gasteiger charge is 2.31. The zero-order valence-electron chi connectivity index (χ0n) is 11.4. The monoisotopic (exact) mass is 292 g/mol. The summed E-state index contributed by atoms with van der Waals surface area (Å²) >= 11 is 1.62. The molecule has 0 spiro atoms. The Kier molecular flexibility index (Phi) is 3.54. The second kappa shape index (κ2) is 5.34. The molecule has 1 N–H and O–H groups in total. The van der Waals surface area contributed by atoms with E-state index in [4.69, 9.17) is 4.74 Å². The van der Waals surface area contributed by atoms with Gasteiger partial charge in [0.05, 0.1) is 24.9 Å². The van der Waals surface area contributed by atoms with Crippen molar-refractivity contribution in [1.82, 2.24) is 14.8 Å². The lowest BCUT2D eigenvalue weighted by Crippen LogP contribution is -2.36. The maximum Gasteiger partial charge on any atom is 0.267 e. The molecular formula is C13H16N4O2S. The van der Waals surface area contributed by atoms with Gasteiger partial charge in [0.2, 0.25) is 0 Å². The number of ether oxygens (including phenoxy) is 1. The third-order valence-electron chi connectivity index (χ3n) is 3.44. The minimum atomic E-state index is -0.110. The Labute approximate surface area is 120 Å². The van der Waals surface area contributed by atoms with Crippen LogP contribution in [-0.4, -0.2) is 34.0 Å². The van der Waals surface area contributed by atoms with E-state index in [1.54, 1.807) is 23.6 Å². The van der Waals surface area contributed by atoms with Crippen LogP contribution in [0.25, 0.3) is 0 Å². The number of hydrogen-bond donors (Lipinski definition) is 1. The van der Waals surface area contributed by atoms with Gasteiger partial charge in [-0.25, -0.2) is 9.67 Å². The van der Waals surface area contributed by atoms with Crippen molar-refractivity contribution in [3.8, 4) is 0 Å². The van der Waals surface area contributed by atoms with Crippen molar-refractivity contribution in [2.75, 3.05) is 18.5 Å². The Morgan fingerprint density at radius 2 is 2.30 bits per heavy atom. The van der Waals surface area contributed by atoms with Gasteiger partial charge in [0, 0.05) is 17.1 Å². The minimum absolute atomic E-state index is 0.00699. The predicted molar refractivity (Wildman–Crippen MR) is 77.4 cm³/mol. The Morgan fingerprint density at radius 3 is 3.00 bits per heavy atom. The largest absolute Gasteiger partial charge is 0.377 e. The molecule has 0 radical (unpaired) electrons. The molecule has 1 aliphatic heterocycles. The van der Waals surface area contributed by atoms with Crippen LogP contribution in [0, 0.1) is 13.8 Å². The molecule has 1 fully saturated rings. The molecule has 1 saturated heterocycles. The summed E-state index contributed by atoms with van der Waals surface area (Å²) < 4.78 is 6.99. The lowest BCUT2D eigenvalue weighted by atomic mass is 10.2. The number of aryl methyl sites for hydroxylation is 2. The second-order valence-corrected chi connectivity index (χ2v) is 6.03. The maximum absolute atomic E-state index is 11.9. The summed E-state index contributed by atoms with van der Waals surface area (Å²) in [5.41, 5.74) is 0.921. The third kappa shape index (κ3) is 2.46. The normalized spacial score (nSPS) is 22.1. The van der Waals surface area contributed by atoms with Gasteiger partial charge < -0.3 is 10.1 Å². The zero-order valence-corrected chi connectivity index (χ0v) is 12.2. The van der Waals surface area contributed by atoms with Crippen molar-refractivity contribution in [2.45, 2.75) is 25.9 Å². The summed E-state index contributed by atoms with van der Waals surface area (Å²) in [6.45, 7) is 5.07. The molecule has 106 valence electrons. The Morgan fingerprint density at radius 1 is 1.45 bits per heavy atom. The smallest absolute Gasteiger partial charge is 0.267 e. The summed E-state index contributed by atoms with van der Waals surface area (Å²) in [4.78, 5) is 17.5. The van der Waals surface area contributed by atoms with Crippen molar-refractivity contribution in [3.63, 3.8) is 0 Å². The van der Waals surface area contributed by atoms with Crippen LogP contribution in [0.1, 0.15) is 16.6 Å². The first-order valence-corrected chi connectivity index (χ1v) is 7.29. The van der Waals surface area contributed by atoms with E-state index in [0.29, 0.717) is 13.2 Å².